The number of halogens is 2. The number of hydrogen-bond acceptors (Lipinski definition) is 5. The van der Waals surface area contributed by atoms with Gasteiger partial charge in [-0.05, 0) is 48.4 Å². The first-order chi connectivity index (χ1) is 16.6. The van der Waals surface area contributed by atoms with Crippen LogP contribution in [0.15, 0.2) is 72.8 Å². The van der Waals surface area contributed by atoms with E-state index in [2.05, 4.69) is 4.90 Å². The van der Waals surface area contributed by atoms with Crippen molar-refractivity contribution in [3.8, 4) is 11.5 Å². The summed E-state index contributed by atoms with van der Waals surface area (Å²) in [6, 6.07) is 23.2. The topological polar surface area (TPSA) is 51.2 Å². The number of methoxy groups -OCH3 is 1. The molecule has 0 bridgehead atoms. The highest BCUT2D eigenvalue weighted by molar-refractivity contribution is 6.30. The molecule has 2 unspecified atom stereocenters. The SMILES string of the molecule is CCOc1ccc(C(O)(c2ccccc2OC)C(CN2CCOCC2)c2ccc(Cl)cc2)cc1.Cl. The van der Waals surface area contributed by atoms with Gasteiger partial charge in [0.25, 0.3) is 0 Å². The molecule has 0 aliphatic carbocycles. The molecule has 1 saturated heterocycles. The number of rotatable bonds is 9. The number of benzene rings is 3. The molecule has 7 heteroatoms. The third kappa shape index (κ3) is 6.11. The van der Waals surface area contributed by atoms with Crippen LogP contribution < -0.4 is 9.47 Å². The van der Waals surface area contributed by atoms with Crippen LogP contribution >= 0.6 is 24.0 Å². The summed E-state index contributed by atoms with van der Waals surface area (Å²) in [6.45, 7) is 6.18. The van der Waals surface area contributed by atoms with Gasteiger partial charge in [-0.1, -0.05) is 54.1 Å². The Morgan fingerprint density at radius 2 is 1.66 bits per heavy atom. The van der Waals surface area contributed by atoms with E-state index in [4.69, 9.17) is 25.8 Å². The lowest BCUT2D eigenvalue weighted by Gasteiger charge is -2.41. The molecule has 5 nitrogen and oxygen atoms in total. The summed E-state index contributed by atoms with van der Waals surface area (Å²) in [5.41, 5.74) is 1.12. The zero-order valence-corrected chi connectivity index (χ0v) is 21.7. The third-order valence-electron chi connectivity index (χ3n) is 6.44. The smallest absolute Gasteiger partial charge is 0.126 e. The van der Waals surface area contributed by atoms with Gasteiger partial charge in [-0.3, -0.25) is 4.90 Å². The van der Waals surface area contributed by atoms with E-state index in [0.29, 0.717) is 37.1 Å². The summed E-state index contributed by atoms with van der Waals surface area (Å²) in [4.78, 5) is 2.34. The highest BCUT2D eigenvalue weighted by atomic mass is 35.5. The van der Waals surface area contributed by atoms with Gasteiger partial charge in [-0.25, -0.2) is 0 Å². The molecule has 4 rings (SSSR count). The van der Waals surface area contributed by atoms with E-state index in [1.165, 1.54) is 0 Å². The summed E-state index contributed by atoms with van der Waals surface area (Å²) in [5.74, 6) is 1.11. The first-order valence-electron chi connectivity index (χ1n) is 11.7. The van der Waals surface area contributed by atoms with E-state index in [1.807, 2.05) is 79.7 Å². The van der Waals surface area contributed by atoms with Crippen LogP contribution in [0.2, 0.25) is 5.02 Å². The van der Waals surface area contributed by atoms with Crippen LogP contribution in [-0.2, 0) is 10.3 Å². The Kier molecular flexibility index (Phi) is 9.84. The number of aliphatic hydroxyl groups is 1. The van der Waals surface area contributed by atoms with Crippen LogP contribution in [0.3, 0.4) is 0 Å². The fourth-order valence-electron chi connectivity index (χ4n) is 4.69. The molecule has 0 radical (unpaired) electrons. The first kappa shape index (κ1) is 27.3. The molecule has 1 aliphatic heterocycles. The molecule has 1 fully saturated rings. The average Bonchev–Trinajstić information content (AvgIpc) is 2.89. The molecule has 1 aliphatic rings. The van der Waals surface area contributed by atoms with Gasteiger partial charge in [0.1, 0.15) is 17.1 Å². The van der Waals surface area contributed by atoms with E-state index in [-0.39, 0.29) is 18.3 Å². The molecular weight excluding hydrogens is 485 g/mol. The van der Waals surface area contributed by atoms with Crippen molar-refractivity contribution in [2.24, 2.45) is 0 Å². The highest BCUT2D eigenvalue weighted by Crippen LogP contribution is 2.46. The summed E-state index contributed by atoms with van der Waals surface area (Å²) >= 11 is 6.23. The van der Waals surface area contributed by atoms with Crippen molar-refractivity contribution in [2.45, 2.75) is 18.4 Å². The fourth-order valence-corrected chi connectivity index (χ4v) is 4.82. The average molecular weight is 518 g/mol. The van der Waals surface area contributed by atoms with E-state index >= 15 is 0 Å². The van der Waals surface area contributed by atoms with E-state index in [0.717, 1.165) is 35.5 Å². The second-order valence-corrected chi connectivity index (χ2v) is 8.88. The quantitative estimate of drug-likeness (QED) is 0.404. The van der Waals surface area contributed by atoms with Gasteiger partial charge in [0.15, 0.2) is 0 Å². The molecule has 0 amide bonds. The second-order valence-electron chi connectivity index (χ2n) is 8.44. The number of hydrogen-bond donors (Lipinski definition) is 1. The molecular formula is C28H33Cl2NO4. The van der Waals surface area contributed by atoms with Gasteiger partial charge in [-0.2, -0.15) is 0 Å². The zero-order valence-electron chi connectivity index (χ0n) is 20.2. The van der Waals surface area contributed by atoms with Gasteiger partial charge in [0, 0.05) is 36.1 Å². The van der Waals surface area contributed by atoms with E-state index in [1.54, 1.807) is 7.11 Å². The molecule has 3 aromatic carbocycles. The van der Waals surface area contributed by atoms with Gasteiger partial charge in [-0.15, -0.1) is 12.4 Å². The Balaban J connectivity index is 0.00000342. The van der Waals surface area contributed by atoms with Crippen molar-refractivity contribution in [3.05, 3.63) is 94.5 Å². The molecule has 0 saturated carbocycles. The molecule has 1 N–H and O–H groups in total. The van der Waals surface area contributed by atoms with Crippen LogP contribution in [0.5, 0.6) is 11.5 Å². The molecule has 0 spiro atoms. The van der Waals surface area contributed by atoms with Crippen molar-refractivity contribution in [2.75, 3.05) is 46.6 Å². The summed E-state index contributed by atoms with van der Waals surface area (Å²) < 4.78 is 17.0. The van der Waals surface area contributed by atoms with Crippen LogP contribution in [0.4, 0.5) is 0 Å². The van der Waals surface area contributed by atoms with E-state index in [9.17, 15) is 5.11 Å². The van der Waals surface area contributed by atoms with Gasteiger partial charge in [0.2, 0.25) is 0 Å². The first-order valence-corrected chi connectivity index (χ1v) is 12.1. The molecule has 0 aromatic heterocycles. The van der Waals surface area contributed by atoms with Crippen LogP contribution in [0, 0.1) is 0 Å². The predicted molar refractivity (Wildman–Crippen MR) is 142 cm³/mol. The monoisotopic (exact) mass is 517 g/mol. The van der Waals surface area contributed by atoms with Gasteiger partial charge in [0.05, 0.1) is 26.9 Å². The van der Waals surface area contributed by atoms with E-state index < -0.39 is 5.60 Å². The van der Waals surface area contributed by atoms with Gasteiger partial charge >= 0.3 is 0 Å². The Bertz CT molecular complexity index is 1060. The van der Waals surface area contributed by atoms with Gasteiger partial charge < -0.3 is 19.3 Å². The largest absolute Gasteiger partial charge is 0.496 e. The lowest BCUT2D eigenvalue weighted by molar-refractivity contribution is -0.000152. The minimum atomic E-state index is -1.37. The maximum Gasteiger partial charge on any atom is 0.126 e. The summed E-state index contributed by atoms with van der Waals surface area (Å²) in [5, 5.41) is 13.5. The summed E-state index contributed by atoms with van der Waals surface area (Å²) in [6.07, 6.45) is 0. The van der Waals surface area contributed by atoms with Crippen molar-refractivity contribution in [3.63, 3.8) is 0 Å². The van der Waals surface area contributed by atoms with Crippen molar-refractivity contribution < 1.29 is 19.3 Å². The lowest BCUT2D eigenvalue weighted by Crippen LogP contribution is -2.45. The Morgan fingerprint density at radius 1 is 1.00 bits per heavy atom. The number of morpholine rings is 1. The standard InChI is InChI=1S/C28H32ClNO4.ClH/c1-3-34-24-14-10-22(11-15-24)28(31,25-6-4-5-7-27(25)32-2)26(20-30-16-18-33-19-17-30)21-8-12-23(29)13-9-21;/h4-15,26,31H,3,16-20H2,1-2H3;1H. The minimum absolute atomic E-state index is 0. The van der Waals surface area contributed by atoms with Crippen molar-refractivity contribution in [1.29, 1.82) is 0 Å². The fraction of sp³-hybridized carbons (Fsp3) is 0.357. The van der Waals surface area contributed by atoms with Crippen molar-refractivity contribution in [1.82, 2.24) is 4.90 Å². The highest BCUT2D eigenvalue weighted by Gasteiger charge is 2.44. The maximum atomic E-state index is 12.8. The summed E-state index contributed by atoms with van der Waals surface area (Å²) in [7, 11) is 1.64. The predicted octanol–water partition coefficient (Wildman–Crippen LogP) is 5.52. The zero-order chi connectivity index (χ0) is 24.0. The van der Waals surface area contributed by atoms with Crippen molar-refractivity contribution >= 4 is 24.0 Å². The van der Waals surface area contributed by atoms with Crippen LogP contribution in [0.25, 0.3) is 0 Å². The number of para-hydroxylation sites is 1. The lowest BCUT2D eigenvalue weighted by atomic mass is 9.72. The Labute approximate surface area is 219 Å². The Hall–Kier alpha value is -2.28. The second kappa shape index (κ2) is 12.6. The number of nitrogens with zero attached hydrogens (tertiary/aromatic N) is 1. The minimum Gasteiger partial charge on any atom is -0.496 e. The third-order valence-corrected chi connectivity index (χ3v) is 6.70. The maximum absolute atomic E-state index is 12.8. The van der Waals surface area contributed by atoms with Crippen LogP contribution in [0.1, 0.15) is 29.5 Å². The molecule has 1 heterocycles. The molecule has 35 heavy (non-hydrogen) atoms. The van der Waals surface area contributed by atoms with Crippen LogP contribution in [-0.4, -0.2) is 56.6 Å². The molecule has 188 valence electrons. The number of ether oxygens (including phenoxy) is 3. The molecule has 2 atom stereocenters. The molecule has 3 aromatic rings. The normalized spacial score (nSPS) is 16.6. The Morgan fingerprint density at radius 3 is 2.29 bits per heavy atom.